The lowest BCUT2D eigenvalue weighted by atomic mass is 10.1. The molecule has 174 valence electrons. The number of rotatable bonds is 10. The minimum Gasteiger partial charge on any atom is -0.465 e. The number of benzene rings is 3. The van der Waals surface area contributed by atoms with Gasteiger partial charge in [-0.1, -0.05) is 52.8 Å². The molecule has 0 aliphatic rings. The lowest BCUT2D eigenvalue weighted by molar-refractivity contribution is 0.0592. The Kier molecular flexibility index (Phi) is 8.92. The fourth-order valence-corrected chi connectivity index (χ4v) is 2.88. The van der Waals surface area contributed by atoms with E-state index in [1.54, 1.807) is 61.0 Å². The molecule has 0 fully saturated rings. The van der Waals surface area contributed by atoms with Crippen LogP contribution in [0.1, 0.15) is 43.0 Å². The highest BCUT2D eigenvalue weighted by molar-refractivity contribution is 5.91. The zero-order chi connectivity index (χ0) is 24.2. The van der Waals surface area contributed by atoms with Gasteiger partial charge in [0.05, 0.1) is 37.8 Å². The fraction of sp³-hybridized carbons (Fsp3) is 0.154. The number of nitrogens with zero attached hydrogens (tertiary/aromatic N) is 2. The van der Waals surface area contributed by atoms with Gasteiger partial charge in [0, 0.05) is 0 Å². The predicted octanol–water partition coefficient (Wildman–Crippen LogP) is 4.36. The van der Waals surface area contributed by atoms with Crippen molar-refractivity contribution in [2.75, 3.05) is 14.2 Å². The summed E-state index contributed by atoms with van der Waals surface area (Å²) in [5.74, 6) is -0.771. The second-order valence-corrected chi connectivity index (χ2v) is 7.06. The number of oxime groups is 2. The minimum absolute atomic E-state index is 0.292. The molecule has 3 aromatic rings. The Balaban J connectivity index is 1.44. The maximum Gasteiger partial charge on any atom is 0.337 e. The lowest BCUT2D eigenvalue weighted by Crippen LogP contribution is -2.00. The monoisotopic (exact) mass is 460 g/mol. The highest BCUT2D eigenvalue weighted by atomic mass is 16.6. The van der Waals surface area contributed by atoms with Crippen LogP contribution in [0.15, 0.2) is 83.1 Å². The van der Waals surface area contributed by atoms with E-state index in [1.165, 1.54) is 14.2 Å². The van der Waals surface area contributed by atoms with Gasteiger partial charge in [0.25, 0.3) is 0 Å². The molecule has 8 nitrogen and oxygen atoms in total. The highest BCUT2D eigenvalue weighted by Crippen LogP contribution is 2.10. The third kappa shape index (κ3) is 7.30. The van der Waals surface area contributed by atoms with E-state index in [9.17, 15) is 9.59 Å². The molecule has 0 aromatic heterocycles. The number of hydrogen-bond donors (Lipinski definition) is 0. The molecule has 0 aliphatic carbocycles. The molecule has 8 heteroatoms. The van der Waals surface area contributed by atoms with Crippen molar-refractivity contribution in [1.29, 1.82) is 0 Å². The second-order valence-electron chi connectivity index (χ2n) is 7.06. The van der Waals surface area contributed by atoms with Gasteiger partial charge in [-0.25, -0.2) is 9.59 Å². The molecule has 0 bridgehead atoms. The van der Waals surface area contributed by atoms with Crippen molar-refractivity contribution in [2.24, 2.45) is 10.3 Å². The summed E-state index contributed by atoms with van der Waals surface area (Å²) < 4.78 is 9.34. The van der Waals surface area contributed by atoms with Crippen LogP contribution in [0, 0.1) is 0 Å². The number of ether oxygens (including phenoxy) is 2. The molecule has 3 aromatic carbocycles. The number of carbonyl (C=O) groups is 2. The maximum atomic E-state index is 11.4. The smallest absolute Gasteiger partial charge is 0.337 e. The van der Waals surface area contributed by atoms with Crippen LogP contribution in [0.25, 0.3) is 0 Å². The molecule has 0 N–H and O–H groups in total. The van der Waals surface area contributed by atoms with Crippen molar-refractivity contribution >= 4 is 24.4 Å². The third-order valence-corrected chi connectivity index (χ3v) is 4.67. The SMILES string of the molecule is COC(=O)c1ccc(C=NOCc2cccc(CON=Cc3ccc(C(=O)OC)cc3)c2)cc1. The molecular weight excluding hydrogens is 436 g/mol. The first-order valence-electron chi connectivity index (χ1n) is 10.3. The average Bonchev–Trinajstić information content (AvgIpc) is 2.89. The van der Waals surface area contributed by atoms with Crippen LogP contribution in [0.2, 0.25) is 0 Å². The first-order chi connectivity index (χ1) is 16.6. The molecule has 0 spiro atoms. The summed E-state index contributed by atoms with van der Waals surface area (Å²) in [5.41, 5.74) is 4.41. The van der Waals surface area contributed by atoms with Crippen LogP contribution in [0.4, 0.5) is 0 Å². The molecule has 0 saturated carbocycles. The molecule has 34 heavy (non-hydrogen) atoms. The van der Waals surface area contributed by atoms with E-state index in [0.717, 1.165) is 22.3 Å². The molecule has 3 rings (SSSR count). The van der Waals surface area contributed by atoms with E-state index in [-0.39, 0.29) is 11.9 Å². The molecule has 0 aliphatic heterocycles. The van der Waals surface area contributed by atoms with Gasteiger partial charge in [0.15, 0.2) is 0 Å². The Hall–Kier alpha value is -4.46. The summed E-state index contributed by atoms with van der Waals surface area (Å²) in [4.78, 5) is 33.6. The number of methoxy groups -OCH3 is 2. The van der Waals surface area contributed by atoms with Gasteiger partial charge in [-0.2, -0.15) is 0 Å². The molecular formula is C26H24N2O6. The van der Waals surface area contributed by atoms with Crippen LogP contribution in [0.5, 0.6) is 0 Å². The van der Waals surface area contributed by atoms with Gasteiger partial charge in [-0.3, -0.25) is 0 Å². The van der Waals surface area contributed by atoms with E-state index >= 15 is 0 Å². The van der Waals surface area contributed by atoms with E-state index in [0.29, 0.717) is 24.3 Å². The fourth-order valence-electron chi connectivity index (χ4n) is 2.88. The average molecular weight is 460 g/mol. The standard InChI is InChI=1S/C26H24N2O6/c1-31-25(29)23-10-6-19(7-11-23)15-27-33-17-21-4-3-5-22(14-21)18-34-28-16-20-8-12-24(13-9-20)26(30)32-2/h3-16H,17-18H2,1-2H3. The van der Waals surface area contributed by atoms with E-state index in [2.05, 4.69) is 19.8 Å². The summed E-state index contributed by atoms with van der Waals surface area (Å²) in [5, 5.41) is 7.94. The van der Waals surface area contributed by atoms with Crippen LogP contribution in [0.3, 0.4) is 0 Å². The van der Waals surface area contributed by atoms with Gasteiger partial charge in [-0.05, 0) is 52.6 Å². The van der Waals surface area contributed by atoms with Crippen LogP contribution < -0.4 is 0 Å². The summed E-state index contributed by atoms with van der Waals surface area (Å²) in [6, 6.07) is 21.4. The zero-order valence-corrected chi connectivity index (χ0v) is 18.8. The van der Waals surface area contributed by atoms with Gasteiger partial charge in [0.2, 0.25) is 0 Å². The molecule has 0 saturated heterocycles. The number of esters is 2. The predicted molar refractivity (Wildman–Crippen MR) is 127 cm³/mol. The summed E-state index contributed by atoms with van der Waals surface area (Å²) in [6.45, 7) is 0.584. The summed E-state index contributed by atoms with van der Waals surface area (Å²) in [6.07, 6.45) is 3.14. The van der Waals surface area contributed by atoms with E-state index in [4.69, 9.17) is 9.68 Å². The van der Waals surface area contributed by atoms with E-state index in [1.807, 2.05) is 24.3 Å². The largest absolute Gasteiger partial charge is 0.465 e. The van der Waals surface area contributed by atoms with Crippen molar-refractivity contribution in [1.82, 2.24) is 0 Å². The Bertz CT molecular complexity index is 1070. The topological polar surface area (TPSA) is 95.8 Å². The Labute approximate surface area is 197 Å². The first-order valence-corrected chi connectivity index (χ1v) is 10.3. The van der Waals surface area contributed by atoms with Gasteiger partial charge < -0.3 is 19.1 Å². The second kappa shape index (κ2) is 12.5. The van der Waals surface area contributed by atoms with Gasteiger partial charge in [-0.15, -0.1) is 0 Å². The third-order valence-electron chi connectivity index (χ3n) is 4.67. The lowest BCUT2D eigenvalue weighted by Gasteiger charge is -2.04. The van der Waals surface area contributed by atoms with Crippen molar-refractivity contribution in [3.63, 3.8) is 0 Å². The molecule has 0 atom stereocenters. The molecule has 0 heterocycles. The Morgan fingerprint density at radius 1 is 0.676 bits per heavy atom. The normalized spacial score (nSPS) is 10.9. The van der Waals surface area contributed by atoms with Crippen molar-refractivity contribution in [2.45, 2.75) is 13.2 Å². The molecule has 0 unspecified atom stereocenters. The maximum absolute atomic E-state index is 11.4. The number of hydrogen-bond acceptors (Lipinski definition) is 8. The van der Waals surface area contributed by atoms with Crippen LogP contribution in [-0.2, 0) is 32.4 Å². The van der Waals surface area contributed by atoms with Crippen LogP contribution >= 0.6 is 0 Å². The zero-order valence-electron chi connectivity index (χ0n) is 18.8. The summed E-state index contributed by atoms with van der Waals surface area (Å²) in [7, 11) is 2.68. The first kappa shape index (κ1) is 24.2. The minimum atomic E-state index is -0.386. The van der Waals surface area contributed by atoms with E-state index < -0.39 is 0 Å². The van der Waals surface area contributed by atoms with Crippen molar-refractivity contribution in [3.8, 4) is 0 Å². The van der Waals surface area contributed by atoms with Crippen molar-refractivity contribution in [3.05, 3.63) is 106 Å². The number of carbonyl (C=O) groups excluding carboxylic acids is 2. The van der Waals surface area contributed by atoms with Crippen LogP contribution in [-0.4, -0.2) is 38.6 Å². The molecule has 0 radical (unpaired) electrons. The Morgan fingerprint density at radius 3 is 1.47 bits per heavy atom. The van der Waals surface area contributed by atoms with Gasteiger partial charge in [0.1, 0.15) is 13.2 Å². The quantitative estimate of drug-likeness (QED) is 0.253. The molecule has 0 amide bonds. The van der Waals surface area contributed by atoms with Gasteiger partial charge >= 0.3 is 11.9 Å². The van der Waals surface area contributed by atoms with Crippen molar-refractivity contribution < 1.29 is 28.7 Å². The Morgan fingerprint density at radius 2 is 1.09 bits per heavy atom. The summed E-state index contributed by atoms with van der Waals surface area (Å²) >= 11 is 0. The highest BCUT2D eigenvalue weighted by Gasteiger charge is 2.04.